The van der Waals surface area contributed by atoms with Crippen LogP contribution in [0.15, 0.2) is 18.2 Å². The van der Waals surface area contributed by atoms with Crippen LogP contribution in [0, 0.1) is 0 Å². The first-order valence-electron chi connectivity index (χ1n) is 5.76. The van der Waals surface area contributed by atoms with Gasteiger partial charge in [-0.3, -0.25) is 9.03 Å². The van der Waals surface area contributed by atoms with Gasteiger partial charge in [0.1, 0.15) is 0 Å². The van der Waals surface area contributed by atoms with Crippen molar-refractivity contribution in [2.75, 3.05) is 28.4 Å². The van der Waals surface area contributed by atoms with Crippen LogP contribution in [0.1, 0.15) is 6.42 Å². The molecule has 112 valence electrons. The third-order valence-corrected chi connectivity index (χ3v) is 6.04. The number of anilines is 2. The minimum absolute atomic E-state index is 0.0947. The molecule has 0 aromatic heterocycles. The van der Waals surface area contributed by atoms with E-state index in [-0.39, 0.29) is 16.5 Å². The van der Waals surface area contributed by atoms with Crippen LogP contribution in [-0.4, -0.2) is 36.2 Å². The van der Waals surface area contributed by atoms with Crippen molar-refractivity contribution in [3.05, 3.63) is 23.2 Å². The topological polar surface area (TPSA) is 95.6 Å². The van der Waals surface area contributed by atoms with Crippen molar-refractivity contribution in [2.45, 2.75) is 6.42 Å². The number of rotatable bonds is 4. The van der Waals surface area contributed by atoms with Crippen molar-refractivity contribution < 1.29 is 16.8 Å². The van der Waals surface area contributed by atoms with E-state index in [2.05, 4.69) is 9.44 Å². The summed E-state index contributed by atoms with van der Waals surface area (Å²) in [6.07, 6.45) is 0.548. The highest BCUT2D eigenvalue weighted by Gasteiger charge is 2.29. The molecule has 0 radical (unpaired) electrons. The van der Waals surface area contributed by atoms with Gasteiger partial charge in [-0.05, 0) is 24.6 Å². The lowest BCUT2D eigenvalue weighted by atomic mass is 10.3. The standard InChI is InChI=1S/C10H14ClN3O4S2/c1-12-20(17,18)13-8-3-4-10(9(11)7-8)14-5-2-6-19(14,15)16/h3-4,7,12-13H,2,5-6H2,1H3. The molecule has 1 aliphatic heterocycles. The molecule has 1 aromatic rings. The number of benzene rings is 1. The fourth-order valence-electron chi connectivity index (χ4n) is 1.89. The van der Waals surface area contributed by atoms with E-state index in [9.17, 15) is 16.8 Å². The Morgan fingerprint density at radius 2 is 2.05 bits per heavy atom. The Balaban J connectivity index is 2.32. The SMILES string of the molecule is CNS(=O)(=O)Nc1ccc(N2CCCS2(=O)=O)c(Cl)c1. The predicted molar refractivity (Wildman–Crippen MR) is 78.8 cm³/mol. The lowest BCUT2D eigenvalue weighted by molar-refractivity contribution is 0.593. The average Bonchev–Trinajstić information content (AvgIpc) is 2.69. The van der Waals surface area contributed by atoms with E-state index < -0.39 is 20.2 Å². The zero-order valence-corrected chi connectivity index (χ0v) is 13.0. The van der Waals surface area contributed by atoms with Gasteiger partial charge in [0.25, 0.3) is 10.2 Å². The van der Waals surface area contributed by atoms with Crippen LogP contribution in [0.3, 0.4) is 0 Å². The molecule has 2 rings (SSSR count). The van der Waals surface area contributed by atoms with E-state index in [4.69, 9.17) is 11.6 Å². The Hall–Kier alpha value is -1.03. The van der Waals surface area contributed by atoms with Gasteiger partial charge in [-0.25, -0.2) is 13.1 Å². The number of hydrogen-bond acceptors (Lipinski definition) is 4. The number of hydrogen-bond donors (Lipinski definition) is 2. The zero-order chi connectivity index (χ0) is 15.0. The fraction of sp³-hybridized carbons (Fsp3) is 0.400. The fourth-order valence-corrected chi connectivity index (χ4v) is 4.34. The molecule has 7 nitrogen and oxygen atoms in total. The minimum atomic E-state index is -3.63. The largest absolute Gasteiger partial charge is 0.298 e. The Morgan fingerprint density at radius 3 is 2.55 bits per heavy atom. The third-order valence-electron chi connectivity index (χ3n) is 2.84. The number of nitrogens with zero attached hydrogens (tertiary/aromatic N) is 1. The van der Waals surface area contributed by atoms with Crippen molar-refractivity contribution >= 4 is 43.2 Å². The first-order chi connectivity index (χ1) is 9.25. The van der Waals surface area contributed by atoms with Gasteiger partial charge in [-0.1, -0.05) is 11.6 Å². The van der Waals surface area contributed by atoms with Crippen LogP contribution < -0.4 is 13.7 Å². The molecule has 10 heteroatoms. The molecule has 0 unspecified atom stereocenters. The maximum atomic E-state index is 11.8. The summed E-state index contributed by atoms with van der Waals surface area (Å²) in [4.78, 5) is 0. The van der Waals surface area contributed by atoms with Gasteiger partial charge in [0.15, 0.2) is 0 Å². The highest BCUT2D eigenvalue weighted by atomic mass is 35.5. The third kappa shape index (κ3) is 3.17. The molecule has 0 spiro atoms. The van der Waals surface area contributed by atoms with Crippen LogP contribution in [0.25, 0.3) is 0 Å². The Labute approximate surface area is 123 Å². The maximum absolute atomic E-state index is 11.8. The van der Waals surface area contributed by atoms with E-state index in [1.54, 1.807) is 0 Å². The monoisotopic (exact) mass is 339 g/mol. The van der Waals surface area contributed by atoms with Gasteiger partial charge < -0.3 is 0 Å². The molecule has 0 atom stereocenters. The number of halogens is 1. The summed E-state index contributed by atoms with van der Waals surface area (Å²) < 4.78 is 51.9. The van der Waals surface area contributed by atoms with Crippen molar-refractivity contribution in [1.82, 2.24) is 4.72 Å². The molecule has 0 bridgehead atoms. The Morgan fingerprint density at radius 1 is 1.35 bits per heavy atom. The molecule has 1 heterocycles. The van der Waals surface area contributed by atoms with E-state index >= 15 is 0 Å². The molecule has 20 heavy (non-hydrogen) atoms. The molecule has 1 aliphatic rings. The average molecular weight is 340 g/mol. The van der Waals surface area contributed by atoms with Crippen LogP contribution in [0.5, 0.6) is 0 Å². The van der Waals surface area contributed by atoms with Gasteiger partial charge in [-0.15, -0.1) is 0 Å². The number of sulfonamides is 1. The summed E-state index contributed by atoms with van der Waals surface area (Å²) in [6, 6.07) is 4.32. The van der Waals surface area contributed by atoms with Gasteiger partial charge in [0, 0.05) is 13.6 Å². The van der Waals surface area contributed by atoms with Crippen molar-refractivity contribution in [3.63, 3.8) is 0 Å². The van der Waals surface area contributed by atoms with Crippen molar-refractivity contribution in [2.24, 2.45) is 0 Å². The molecule has 0 aliphatic carbocycles. The molecule has 1 aromatic carbocycles. The summed E-state index contributed by atoms with van der Waals surface area (Å²) in [7, 11) is -5.68. The maximum Gasteiger partial charge on any atom is 0.298 e. The lowest BCUT2D eigenvalue weighted by Gasteiger charge is -2.19. The number of nitrogens with one attached hydrogen (secondary N) is 2. The van der Waals surface area contributed by atoms with E-state index in [0.29, 0.717) is 18.7 Å². The second-order valence-corrected chi connectivity index (χ2v) is 8.26. The van der Waals surface area contributed by atoms with Crippen LogP contribution in [0.4, 0.5) is 11.4 Å². The van der Waals surface area contributed by atoms with E-state index in [1.165, 1.54) is 29.6 Å². The molecule has 1 saturated heterocycles. The molecule has 0 amide bonds. The minimum Gasteiger partial charge on any atom is -0.271 e. The summed E-state index contributed by atoms with van der Waals surface area (Å²) >= 11 is 6.05. The van der Waals surface area contributed by atoms with E-state index in [1.807, 2.05) is 0 Å². The second-order valence-electron chi connectivity index (χ2n) is 4.22. The summed E-state index contributed by atoms with van der Waals surface area (Å²) in [5.41, 5.74) is 0.612. The molecule has 0 saturated carbocycles. The second kappa shape index (κ2) is 5.40. The van der Waals surface area contributed by atoms with Crippen molar-refractivity contribution in [1.29, 1.82) is 0 Å². The Kier molecular flexibility index (Phi) is 4.14. The van der Waals surface area contributed by atoms with Crippen LogP contribution >= 0.6 is 11.6 Å². The van der Waals surface area contributed by atoms with Crippen LogP contribution in [0.2, 0.25) is 5.02 Å². The van der Waals surface area contributed by atoms with E-state index in [0.717, 1.165) is 0 Å². The first-order valence-corrected chi connectivity index (χ1v) is 9.23. The smallest absolute Gasteiger partial charge is 0.271 e. The zero-order valence-electron chi connectivity index (χ0n) is 10.6. The Bertz CT molecular complexity index is 718. The first kappa shape index (κ1) is 15.4. The van der Waals surface area contributed by atoms with Gasteiger partial charge in [-0.2, -0.15) is 8.42 Å². The highest BCUT2D eigenvalue weighted by Crippen LogP contribution is 2.33. The van der Waals surface area contributed by atoms with Gasteiger partial charge in [0.05, 0.1) is 22.2 Å². The molecular weight excluding hydrogens is 326 g/mol. The highest BCUT2D eigenvalue weighted by molar-refractivity contribution is 7.93. The summed E-state index contributed by atoms with van der Waals surface area (Å²) in [5.74, 6) is 0.0947. The predicted octanol–water partition coefficient (Wildman–Crippen LogP) is 0.756. The summed E-state index contributed by atoms with van der Waals surface area (Å²) in [6.45, 7) is 0.379. The molecular formula is C10H14ClN3O4S2. The van der Waals surface area contributed by atoms with Crippen LogP contribution in [-0.2, 0) is 20.2 Å². The summed E-state index contributed by atoms with van der Waals surface area (Å²) in [5, 5.41) is 0.173. The van der Waals surface area contributed by atoms with Gasteiger partial charge in [0.2, 0.25) is 10.0 Å². The molecule has 1 fully saturated rings. The van der Waals surface area contributed by atoms with Crippen molar-refractivity contribution in [3.8, 4) is 0 Å². The quantitative estimate of drug-likeness (QED) is 0.846. The molecule has 2 N–H and O–H groups in total. The van der Waals surface area contributed by atoms with Gasteiger partial charge >= 0.3 is 0 Å². The normalized spacial score (nSPS) is 18.2. The lowest BCUT2D eigenvalue weighted by Crippen LogP contribution is -2.27.